The van der Waals surface area contributed by atoms with Crippen molar-refractivity contribution in [2.75, 3.05) is 23.5 Å². The fraction of sp³-hybridized carbons (Fsp3) is 0.120. The number of methoxy groups -OCH3 is 1. The molecule has 1 heterocycles. The summed E-state index contributed by atoms with van der Waals surface area (Å²) in [5, 5.41) is 0.452. The molecule has 0 fully saturated rings. The molecule has 5 nitrogen and oxygen atoms in total. The molecule has 0 bridgehead atoms. The predicted molar refractivity (Wildman–Crippen MR) is 123 cm³/mol. The highest BCUT2D eigenvalue weighted by atomic mass is 35.5. The van der Waals surface area contributed by atoms with Gasteiger partial charge in [-0.1, -0.05) is 48.0 Å². The minimum absolute atomic E-state index is 0.337. The first-order valence-electron chi connectivity index (χ1n) is 9.90. The maximum absolute atomic E-state index is 13.6. The standard InChI is InChI=1S/C25H21ClN2O3/c1-3-27(19-9-5-4-6-10-19)23-22(17-12-14-21(31-2)15-13-17)24(29)28(25(23)30)20-11-7-8-18(26)16-20/h4-16H,3H2,1-2H3. The Morgan fingerprint density at radius 2 is 1.61 bits per heavy atom. The van der Waals surface area contributed by atoms with E-state index in [1.54, 1.807) is 55.6 Å². The molecule has 6 heteroatoms. The summed E-state index contributed by atoms with van der Waals surface area (Å²) in [6.45, 7) is 2.47. The van der Waals surface area contributed by atoms with Crippen molar-refractivity contribution in [1.29, 1.82) is 0 Å². The number of benzene rings is 3. The summed E-state index contributed by atoms with van der Waals surface area (Å²) in [5.41, 5.74) is 2.60. The molecule has 0 saturated heterocycles. The molecule has 0 atom stereocenters. The molecule has 31 heavy (non-hydrogen) atoms. The van der Waals surface area contributed by atoms with Crippen LogP contribution in [0.25, 0.3) is 5.57 Å². The van der Waals surface area contributed by atoms with Crippen molar-refractivity contribution in [2.24, 2.45) is 0 Å². The molecular weight excluding hydrogens is 412 g/mol. The number of carbonyl (C=O) groups excluding carboxylic acids is 2. The molecule has 3 aromatic carbocycles. The second-order valence-corrected chi connectivity index (χ2v) is 7.39. The zero-order valence-corrected chi connectivity index (χ0v) is 18.0. The number of halogens is 1. The quantitative estimate of drug-likeness (QED) is 0.505. The lowest BCUT2D eigenvalue weighted by atomic mass is 10.0. The Kier molecular flexibility index (Phi) is 5.78. The molecule has 0 N–H and O–H groups in total. The number of para-hydroxylation sites is 1. The average Bonchev–Trinajstić information content (AvgIpc) is 3.05. The zero-order chi connectivity index (χ0) is 22.0. The number of imide groups is 1. The summed E-state index contributed by atoms with van der Waals surface area (Å²) >= 11 is 6.14. The molecule has 0 aliphatic carbocycles. The van der Waals surface area contributed by atoms with E-state index in [0.717, 1.165) is 5.69 Å². The van der Waals surface area contributed by atoms with Gasteiger partial charge >= 0.3 is 0 Å². The molecule has 1 aliphatic rings. The molecule has 4 rings (SSSR count). The first-order valence-corrected chi connectivity index (χ1v) is 10.3. The van der Waals surface area contributed by atoms with Gasteiger partial charge in [0.1, 0.15) is 11.4 Å². The Labute approximate surface area is 186 Å². The van der Waals surface area contributed by atoms with E-state index in [2.05, 4.69) is 0 Å². The van der Waals surface area contributed by atoms with Crippen molar-refractivity contribution in [3.63, 3.8) is 0 Å². The smallest absolute Gasteiger partial charge is 0.282 e. The molecule has 3 aromatic rings. The third-order valence-corrected chi connectivity index (χ3v) is 5.39. The van der Waals surface area contributed by atoms with E-state index >= 15 is 0 Å². The summed E-state index contributed by atoms with van der Waals surface area (Å²) in [4.78, 5) is 30.3. The minimum atomic E-state index is -0.387. The molecule has 156 valence electrons. The molecule has 0 spiro atoms. The van der Waals surface area contributed by atoms with E-state index < -0.39 is 0 Å². The molecule has 0 unspecified atom stereocenters. The van der Waals surface area contributed by atoms with Crippen LogP contribution in [-0.2, 0) is 9.59 Å². The van der Waals surface area contributed by atoms with Crippen molar-refractivity contribution >= 4 is 40.4 Å². The predicted octanol–water partition coefficient (Wildman–Crippen LogP) is 5.16. The number of rotatable bonds is 6. The van der Waals surface area contributed by atoms with Crippen LogP contribution < -0.4 is 14.5 Å². The van der Waals surface area contributed by atoms with Gasteiger partial charge in [-0.05, 0) is 55.0 Å². The lowest BCUT2D eigenvalue weighted by Crippen LogP contribution is -2.35. The van der Waals surface area contributed by atoms with Crippen molar-refractivity contribution < 1.29 is 14.3 Å². The van der Waals surface area contributed by atoms with Crippen LogP contribution in [-0.4, -0.2) is 25.5 Å². The maximum Gasteiger partial charge on any atom is 0.282 e. The lowest BCUT2D eigenvalue weighted by molar-refractivity contribution is -0.120. The van der Waals surface area contributed by atoms with Crippen molar-refractivity contribution in [2.45, 2.75) is 6.92 Å². The first-order chi connectivity index (χ1) is 15.0. The van der Waals surface area contributed by atoms with E-state index in [1.807, 2.05) is 42.2 Å². The molecular formula is C25H21ClN2O3. The van der Waals surface area contributed by atoms with E-state index in [0.29, 0.717) is 39.8 Å². The van der Waals surface area contributed by atoms with Gasteiger partial charge in [-0.3, -0.25) is 9.59 Å². The fourth-order valence-corrected chi connectivity index (χ4v) is 3.90. The highest BCUT2D eigenvalue weighted by molar-refractivity contribution is 6.46. The molecule has 0 aromatic heterocycles. The second kappa shape index (κ2) is 8.66. The Morgan fingerprint density at radius 1 is 0.903 bits per heavy atom. The summed E-state index contributed by atoms with van der Waals surface area (Å²) < 4.78 is 5.24. The number of ether oxygens (including phenoxy) is 1. The SMILES string of the molecule is CCN(C1=C(c2ccc(OC)cc2)C(=O)N(c2cccc(Cl)c2)C1=O)c1ccccc1. The number of hydrogen-bond donors (Lipinski definition) is 0. The van der Waals surface area contributed by atoms with E-state index in [-0.39, 0.29) is 11.8 Å². The number of nitrogens with zero attached hydrogens (tertiary/aromatic N) is 2. The number of hydrogen-bond acceptors (Lipinski definition) is 4. The number of carbonyl (C=O) groups is 2. The van der Waals surface area contributed by atoms with Crippen LogP contribution >= 0.6 is 11.6 Å². The summed E-state index contributed by atoms with van der Waals surface area (Å²) in [7, 11) is 1.58. The summed E-state index contributed by atoms with van der Waals surface area (Å²) in [6, 6.07) is 23.4. The number of likely N-dealkylation sites (N-methyl/N-ethyl adjacent to an activating group) is 1. The number of anilines is 2. The first kappa shape index (κ1) is 20.7. The Bertz CT molecular complexity index is 1160. The van der Waals surface area contributed by atoms with Gasteiger partial charge in [-0.25, -0.2) is 4.90 Å². The van der Waals surface area contributed by atoms with Crippen LogP contribution in [0.4, 0.5) is 11.4 Å². The highest BCUT2D eigenvalue weighted by Crippen LogP contribution is 2.37. The van der Waals surface area contributed by atoms with Gasteiger partial charge in [-0.2, -0.15) is 0 Å². The third-order valence-electron chi connectivity index (χ3n) is 5.16. The van der Waals surface area contributed by atoms with Gasteiger partial charge in [0.05, 0.1) is 18.4 Å². The van der Waals surface area contributed by atoms with Crippen LogP contribution in [0.1, 0.15) is 12.5 Å². The van der Waals surface area contributed by atoms with Gasteiger partial charge in [0.15, 0.2) is 0 Å². The maximum atomic E-state index is 13.6. The van der Waals surface area contributed by atoms with Crippen LogP contribution in [0.2, 0.25) is 5.02 Å². The molecule has 1 aliphatic heterocycles. The van der Waals surface area contributed by atoms with Gasteiger partial charge in [0, 0.05) is 17.3 Å². The van der Waals surface area contributed by atoms with Crippen LogP contribution in [0.5, 0.6) is 5.75 Å². The largest absolute Gasteiger partial charge is 0.497 e. The monoisotopic (exact) mass is 432 g/mol. The molecule has 2 amide bonds. The van der Waals surface area contributed by atoms with Crippen LogP contribution in [0.3, 0.4) is 0 Å². The summed E-state index contributed by atoms with van der Waals surface area (Å²) in [5.74, 6) is -0.102. The summed E-state index contributed by atoms with van der Waals surface area (Å²) in [6.07, 6.45) is 0. The van der Waals surface area contributed by atoms with Gasteiger partial charge in [0.25, 0.3) is 11.8 Å². The Hall–Kier alpha value is -3.57. The van der Waals surface area contributed by atoms with E-state index in [9.17, 15) is 9.59 Å². The van der Waals surface area contributed by atoms with Crippen molar-refractivity contribution in [1.82, 2.24) is 0 Å². The van der Waals surface area contributed by atoms with Crippen LogP contribution in [0, 0.1) is 0 Å². The van der Waals surface area contributed by atoms with Gasteiger partial charge in [0.2, 0.25) is 0 Å². The number of amides is 2. The van der Waals surface area contributed by atoms with Gasteiger partial charge < -0.3 is 9.64 Å². The van der Waals surface area contributed by atoms with Crippen molar-refractivity contribution in [3.05, 3.63) is 95.1 Å². The van der Waals surface area contributed by atoms with Crippen LogP contribution in [0.15, 0.2) is 84.6 Å². The topological polar surface area (TPSA) is 49.9 Å². The normalized spacial score (nSPS) is 13.7. The molecule has 0 saturated carbocycles. The zero-order valence-electron chi connectivity index (χ0n) is 17.2. The Morgan fingerprint density at radius 3 is 2.23 bits per heavy atom. The van der Waals surface area contributed by atoms with Gasteiger partial charge in [-0.15, -0.1) is 0 Å². The third kappa shape index (κ3) is 3.80. The minimum Gasteiger partial charge on any atom is -0.497 e. The van der Waals surface area contributed by atoms with Crippen molar-refractivity contribution in [3.8, 4) is 5.75 Å². The second-order valence-electron chi connectivity index (χ2n) is 6.96. The van der Waals surface area contributed by atoms with E-state index in [4.69, 9.17) is 16.3 Å². The average molecular weight is 433 g/mol. The molecule has 0 radical (unpaired) electrons. The lowest BCUT2D eigenvalue weighted by Gasteiger charge is -2.25. The highest BCUT2D eigenvalue weighted by Gasteiger charge is 2.42. The fourth-order valence-electron chi connectivity index (χ4n) is 3.71. The Balaban J connectivity index is 1.90. The van der Waals surface area contributed by atoms with E-state index in [1.165, 1.54) is 4.90 Å².